The predicted molar refractivity (Wildman–Crippen MR) is 81.4 cm³/mol. The summed E-state index contributed by atoms with van der Waals surface area (Å²) >= 11 is 0. The predicted octanol–water partition coefficient (Wildman–Crippen LogP) is 4.43. The average molecular weight is 275 g/mol. The first-order valence-corrected chi connectivity index (χ1v) is 7.73. The molecular formula is C17H25NO2. The summed E-state index contributed by atoms with van der Waals surface area (Å²) < 4.78 is 11.5. The molecule has 20 heavy (non-hydrogen) atoms. The number of anilines is 1. The zero-order chi connectivity index (χ0) is 14.3. The SMILES string of the molecule is CC1CCCC(C)C1Nc1ccc2c(c1)OC(C)(C)O2. The Morgan fingerprint density at radius 3 is 2.40 bits per heavy atom. The topological polar surface area (TPSA) is 30.5 Å². The third-order valence-electron chi connectivity index (χ3n) is 4.53. The second-order valence-corrected chi connectivity index (χ2v) is 6.82. The molecule has 2 aliphatic rings. The Labute approximate surface area is 121 Å². The molecule has 3 rings (SSSR count). The van der Waals surface area contributed by atoms with E-state index in [4.69, 9.17) is 9.47 Å². The van der Waals surface area contributed by atoms with Gasteiger partial charge in [0.05, 0.1) is 0 Å². The van der Waals surface area contributed by atoms with E-state index in [1.807, 2.05) is 19.9 Å². The minimum Gasteiger partial charge on any atom is -0.449 e. The van der Waals surface area contributed by atoms with Crippen LogP contribution in [0.5, 0.6) is 11.5 Å². The Balaban J connectivity index is 1.76. The van der Waals surface area contributed by atoms with Crippen molar-refractivity contribution in [2.75, 3.05) is 5.32 Å². The monoisotopic (exact) mass is 275 g/mol. The molecule has 0 aromatic heterocycles. The highest BCUT2D eigenvalue weighted by Crippen LogP contribution is 2.41. The molecule has 3 heteroatoms. The van der Waals surface area contributed by atoms with Crippen LogP contribution in [0, 0.1) is 11.8 Å². The first-order chi connectivity index (χ1) is 9.44. The fourth-order valence-electron chi connectivity index (χ4n) is 3.47. The molecule has 0 radical (unpaired) electrons. The summed E-state index contributed by atoms with van der Waals surface area (Å²) in [6.45, 7) is 8.57. The number of fused-ring (bicyclic) bond motifs is 1. The van der Waals surface area contributed by atoms with Crippen LogP contribution in [0.15, 0.2) is 18.2 Å². The molecule has 1 saturated carbocycles. The minimum absolute atomic E-state index is 0.549. The molecule has 1 aromatic rings. The summed E-state index contributed by atoms with van der Waals surface area (Å²) in [6.07, 6.45) is 4.00. The van der Waals surface area contributed by atoms with E-state index in [0.29, 0.717) is 6.04 Å². The number of hydrogen-bond donors (Lipinski definition) is 1. The number of nitrogens with one attached hydrogen (secondary N) is 1. The van der Waals surface area contributed by atoms with Crippen LogP contribution >= 0.6 is 0 Å². The molecule has 3 nitrogen and oxygen atoms in total. The highest BCUT2D eigenvalue weighted by Gasteiger charge is 2.32. The fraction of sp³-hybridized carbons (Fsp3) is 0.647. The molecule has 0 bridgehead atoms. The van der Waals surface area contributed by atoms with Crippen molar-refractivity contribution in [2.45, 2.75) is 58.8 Å². The largest absolute Gasteiger partial charge is 0.449 e. The van der Waals surface area contributed by atoms with Gasteiger partial charge in [0.2, 0.25) is 5.79 Å². The van der Waals surface area contributed by atoms with Crippen molar-refractivity contribution in [3.63, 3.8) is 0 Å². The Morgan fingerprint density at radius 2 is 1.70 bits per heavy atom. The standard InChI is InChI=1S/C17H25NO2/c1-11-6-5-7-12(2)16(11)18-13-8-9-14-15(10-13)20-17(3,4)19-14/h8-12,16,18H,5-7H2,1-4H3. The zero-order valence-corrected chi connectivity index (χ0v) is 12.9. The second kappa shape index (κ2) is 4.87. The minimum atomic E-state index is -0.549. The summed E-state index contributed by atoms with van der Waals surface area (Å²) in [4.78, 5) is 0. The molecule has 0 saturated heterocycles. The van der Waals surface area contributed by atoms with E-state index in [0.717, 1.165) is 29.0 Å². The molecule has 2 unspecified atom stereocenters. The van der Waals surface area contributed by atoms with Gasteiger partial charge in [-0.05, 0) is 36.8 Å². The maximum atomic E-state index is 5.82. The first kappa shape index (κ1) is 13.6. The normalized spacial score (nSPS) is 31.1. The lowest BCUT2D eigenvalue weighted by Gasteiger charge is -2.35. The average Bonchev–Trinajstić information content (AvgIpc) is 2.67. The van der Waals surface area contributed by atoms with E-state index in [1.54, 1.807) is 0 Å². The van der Waals surface area contributed by atoms with Crippen molar-refractivity contribution >= 4 is 5.69 Å². The van der Waals surface area contributed by atoms with Gasteiger partial charge in [0, 0.05) is 31.6 Å². The van der Waals surface area contributed by atoms with Crippen LogP contribution in [0.2, 0.25) is 0 Å². The van der Waals surface area contributed by atoms with Crippen molar-refractivity contribution in [1.29, 1.82) is 0 Å². The van der Waals surface area contributed by atoms with Crippen molar-refractivity contribution in [1.82, 2.24) is 0 Å². The Hall–Kier alpha value is -1.38. The maximum Gasteiger partial charge on any atom is 0.246 e. The quantitative estimate of drug-likeness (QED) is 0.866. The van der Waals surface area contributed by atoms with Gasteiger partial charge < -0.3 is 14.8 Å². The van der Waals surface area contributed by atoms with Gasteiger partial charge in [0.1, 0.15) is 0 Å². The van der Waals surface area contributed by atoms with Gasteiger partial charge in [-0.1, -0.05) is 20.3 Å². The maximum absolute atomic E-state index is 5.82. The Kier molecular flexibility index (Phi) is 3.31. The molecule has 110 valence electrons. The van der Waals surface area contributed by atoms with Crippen LogP contribution in [0.3, 0.4) is 0 Å². The molecule has 0 amide bonds. The summed E-state index contributed by atoms with van der Waals surface area (Å²) in [5.41, 5.74) is 1.13. The molecule has 2 atom stereocenters. The Morgan fingerprint density at radius 1 is 1.05 bits per heavy atom. The van der Waals surface area contributed by atoms with Crippen molar-refractivity contribution < 1.29 is 9.47 Å². The molecule has 1 aliphatic carbocycles. The molecule has 1 aliphatic heterocycles. The van der Waals surface area contributed by atoms with Crippen LogP contribution in [0.4, 0.5) is 5.69 Å². The van der Waals surface area contributed by atoms with Gasteiger partial charge in [-0.3, -0.25) is 0 Å². The van der Waals surface area contributed by atoms with E-state index in [1.165, 1.54) is 19.3 Å². The van der Waals surface area contributed by atoms with E-state index in [-0.39, 0.29) is 0 Å². The lowest BCUT2D eigenvalue weighted by Crippen LogP contribution is -2.37. The molecule has 1 N–H and O–H groups in total. The highest BCUT2D eigenvalue weighted by atomic mass is 16.7. The summed E-state index contributed by atoms with van der Waals surface area (Å²) in [6, 6.07) is 6.72. The molecule has 1 heterocycles. The van der Waals surface area contributed by atoms with Crippen molar-refractivity contribution in [3.05, 3.63) is 18.2 Å². The van der Waals surface area contributed by atoms with Crippen LogP contribution in [0.1, 0.15) is 47.0 Å². The third kappa shape index (κ3) is 2.58. The summed E-state index contributed by atoms with van der Waals surface area (Å²) in [7, 11) is 0. The van der Waals surface area contributed by atoms with Gasteiger partial charge in [-0.15, -0.1) is 0 Å². The smallest absolute Gasteiger partial charge is 0.246 e. The van der Waals surface area contributed by atoms with Gasteiger partial charge in [-0.2, -0.15) is 0 Å². The van der Waals surface area contributed by atoms with Crippen LogP contribution in [0.25, 0.3) is 0 Å². The zero-order valence-electron chi connectivity index (χ0n) is 12.9. The van der Waals surface area contributed by atoms with Crippen LogP contribution in [-0.4, -0.2) is 11.8 Å². The van der Waals surface area contributed by atoms with E-state index in [2.05, 4.69) is 31.3 Å². The number of ether oxygens (including phenoxy) is 2. The van der Waals surface area contributed by atoms with E-state index < -0.39 is 5.79 Å². The van der Waals surface area contributed by atoms with Crippen LogP contribution in [-0.2, 0) is 0 Å². The molecule has 0 spiro atoms. The van der Waals surface area contributed by atoms with E-state index in [9.17, 15) is 0 Å². The number of hydrogen-bond acceptors (Lipinski definition) is 3. The number of rotatable bonds is 2. The fourth-order valence-corrected chi connectivity index (χ4v) is 3.47. The highest BCUT2D eigenvalue weighted by molar-refractivity contribution is 5.56. The van der Waals surface area contributed by atoms with Gasteiger partial charge in [-0.25, -0.2) is 0 Å². The van der Waals surface area contributed by atoms with Crippen molar-refractivity contribution in [3.8, 4) is 11.5 Å². The second-order valence-electron chi connectivity index (χ2n) is 6.82. The Bertz CT molecular complexity index is 488. The first-order valence-electron chi connectivity index (χ1n) is 7.73. The van der Waals surface area contributed by atoms with E-state index >= 15 is 0 Å². The summed E-state index contributed by atoms with van der Waals surface area (Å²) in [5.74, 6) is 2.58. The summed E-state index contributed by atoms with van der Waals surface area (Å²) in [5, 5.41) is 3.70. The lowest BCUT2D eigenvalue weighted by atomic mass is 9.78. The van der Waals surface area contributed by atoms with Crippen molar-refractivity contribution in [2.24, 2.45) is 11.8 Å². The van der Waals surface area contributed by atoms with Crippen LogP contribution < -0.4 is 14.8 Å². The molecule has 1 aromatic carbocycles. The lowest BCUT2D eigenvalue weighted by molar-refractivity contribution is -0.0431. The third-order valence-corrected chi connectivity index (χ3v) is 4.53. The molecule has 1 fully saturated rings. The van der Waals surface area contributed by atoms with Gasteiger partial charge in [0.25, 0.3) is 0 Å². The number of benzene rings is 1. The molecular weight excluding hydrogens is 250 g/mol. The van der Waals surface area contributed by atoms with Gasteiger partial charge in [0.15, 0.2) is 11.5 Å². The van der Waals surface area contributed by atoms with Gasteiger partial charge >= 0.3 is 0 Å².